The number of rotatable bonds is 4. The Bertz CT molecular complexity index is 353. The summed E-state index contributed by atoms with van der Waals surface area (Å²) in [5, 5.41) is 66.6. The summed E-state index contributed by atoms with van der Waals surface area (Å²) < 4.78 is 15.6. The summed E-state index contributed by atoms with van der Waals surface area (Å²) in [6, 6.07) is 0. The first-order chi connectivity index (χ1) is 10.4. The minimum Gasteiger partial charge on any atom is -0.394 e. The lowest BCUT2D eigenvalue weighted by molar-refractivity contribution is -0.336. The third-order valence-electron chi connectivity index (χ3n) is 3.86. The second kappa shape index (κ2) is 7.45. The molecule has 0 saturated carbocycles. The number of hydrogen-bond donors (Lipinski definition) is 7. The molecule has 22 heavy (non-hydrogen) atoms. The van der Waals surface area contributed by atoms with Crippen LogP contribution in [0.4, 0.5) is 0 Å². The van der Waals surface area contributed by atoms with E-state index in [1.54, 1.807) is 0 Å². The van der Waals surface area contributed by atoms with Crippen LogP contribution in [0.2, 0.25) is 0 Å². The van der Waals surface area contributed by atoms with Crippen molar-refractivity contribution in [2.75, 3.05) is 13.2 Å². The van der Waals surface area contributed by atoms with Crippen molar-refractivity contribution in [3.05, 3.63) is 0 Å². The SMILES string of the molecule is OC[C@H]1O[C@H](O[C@@H]2[C@H](O)[C@@H](O)[C@H](O)O[C@@H]2CO)C[C@@H](O)[C@H]1O. The molecule has 2 fully saturated rings. The summed E-state index contributed by atoms with van der Waals surface area (Å²) >= 11 is 0. The van der Waals surface area contributed by atoms with Crippen molar-refractivity contribution >= 4 is 0 Å². The van der Waals surface area contributed by atoms with Crippen LogP contribution in [0.15, 0.2) is 0 Å². The van der Waals surface area contributed by atoms with Crippen molar-refractivity contribution in [2.24, 2.45) is 0 Å². The third-order valence-corrected chi connectivity index (χ3v) is 3.86. The fraction of sp³-hybridized carbons (Fsp3) is 1.00. The summed E-state index contributed by atoms with van der Waals surface area (Å²) in [4.78, 5) is 0. The van der Waals surface area contributed by atoms with Gasteiger partial charge in [0.1, 0.15) is 36.6 Å². The average Bonchev–Trinajstić information content (AvgIpc) is 2.50. The van der Waals surface area contributed by atoms with Gasteiger partial charge in [-0.15, -0.1) is 0 Å². The molecule has 0 unspecified atom stereocenters. The zero-order valence-corrected chi connectivity index (χ0v) is 11.7. The van der Waals surface area contributed by atoms with E-state index in [0.29, 0.717) is 0 Å². The predicted molar refractivity (Wildman–Crippen MR) is 67.2 cm³/mol. The van der Waals surface area contributed by atoms with E-state index < -0.39 is 68.5 Å². The second-order valence-electron chi connectivity index (χ2n) is 5.41. The molecule has 2 aliphatic heterocycles. The molecular formula is C12H22O10. The molecule has 0 bridgehead atoms. The Labute approximate surface area is 126 Å². The van der Waals surface area contributed by atoms with E-state index in [2.05, 4.69) is 0 Å². The van der Waals surface area contributed by atoms with Crippen molar-refractivity contribution < 1.29 is 50.0 Å². The van der Waals surface area contributed by atoms with Crippen LogP contribution in [0, 0.1) is 0 Å². The van der Waals surface area contributed by atoms with Crippen molar-refractivity contribution in [1.29, 1.82) is 0 Å². The molecule has 2 aliphatic rings. The molecule has 0 amide bonds. The number of ether oxygens (including phenoxy) is 3. The van der Waals surface area contributed by atoms with Gasteiger partial charge in [0.2, 0.25) is 0 Å². The van der Waals surface area contributed by atoms with Crippen LogP contribution in [-0.2, 0) is 14.2 Å². The highest BCUT2D eigenvalue weighted by molar-refractivity contribution is 4.91. The maximum atomic E-state index is 9.94. The quantitative estimate of drug-likeness (QED) is 0.268. The number of hydrogen-bond acceptors (Lipinski definition) is 10. The third kappa shape index (κ3) is 3.57. The monoisotopic (exact) mass is 326 g/mol. The van der Waals surface area contributed by atoms with Gasteiger partial charge in [-0.3, -0.25) is 0 Å². The minimum absolute atomic E-state index is 0.141. The van der Waals surface area contributed by atoms with Gasteiger partial charge in [0, 0.05) is 6.42 Å². The second-order valence-corrected chi connectivity index (χ2v) is 5.41. The molecule has 0 radical (unpaired) electrons. The lowest BCUT2D eigenvalue weighted by atomic mass is 9.98. The Hall–Kier alpha value is -0.400. The molecule has 10 heteroatoms. The molecule has 0 aliphatic carbocycles. The largest absolute Gasteiger partial charge is 0.394 e. The molecule has 2 heterocycles. The van der Waals surface area contributed by atoms with Gasteiger partial charge in [-0.25, -0.2) is 0 Å². The summed E-state index contributed by atoms with van der Waals surface area (Å²) in [6.07, 6.45) is -12.0. The summed E-state index contributed by atoms with van der Waals surface area (Å²) in [5.41, 5.74) is 0. The van der Waals surface area contributed by atoms with Crippen molar-refractivity contribution in [3.63, 3.8) is 0 Å². The van der Waals surface area contributed by atoms with Gasteiger partial charge in [-0.1, -0.05) is 0 Å². The van der Waals surface area contributed by atoms with Crippen LogP contribution in [-0.4, -0.2) is 104 Å². The Morgan fingerprint density at radius 3 is 2.05 bits per heavy atom. The van der Waals surface area contributed by atoms with E-state index in [4.69, 9.17) is 19.3 Å². The molecule has 0 spiro atoms. The van der Waals surface area contributed by atoms with Crippen molar-refractivity contribution in [2.45, 2.75) is 61.7 Å². The molecule has 0 aromatic rings. The fourth-order valence-electron chi connectivity index (χ4n) is 2.56. The molecular weight excluding hydrogens is 304 g/mol. The average molecular weight is 326 g/mol. The number of aliphatic hydroxyl groups is 7. The highest BCUT2D eigenvalue weighted by Gasteiger charge is 2.47. The summed E-state index contributed by atoms with van der Waals surface area (Å²) in [6.45, 7) is -1.14. The van der Waals surface area contributed by atoms with Gasteiger partial charge in [0.15, 0.2) is 12.6 Å². The van der Waals surface area contributed by atoms with Gasteiger partial charge >= 0.3 is 0 Å². The summed E-state index contributed by atoms with van der Waals surface area (Å²) in [7, 11) is 0. The van der Waals surface area contributed by atoms with Crippen LogP contribution in [0.25, 0.3) is 0 Å². The van der Waals surface area contributed by atoms with Crippen LogP contribution in [0.5, 0.6) is 0 Å². The van der Waals surface area contributed by atoms with Crippen molar-refractivity contribution in [3.8, 4) is 0 Å². The Morgan fingerprint density at radius 2 is 1.45 bits per heavy atom. The van der Waals surface area contributed by atoms with E-state index in [-0.39, 0.29) is 6.42 Å². The van der Waals surface area contributed by atoms with Gasteiger partial charge < -0.3 is 50.0 Å². The molecule has 130 valence electrons. The zero-order chi connectivity index (χ0) is 16.4. The molecule has 2 rings (SSSR count). The first-order valence-electron chi connectivity index (χ1n) is 6.97. The van der Waals surface area contributed by atoms with Gasteiger partial charge in [0.05, 0.1) is 19.3 Å². The van der Waals surface area contributed by atoms with Crippen molar-refractivity contribution in [1.82, 2.24) is 0 Å². The van der Waals surface area contributed by atoms with E-state index >= 15 is 0 Å². The standard InChI is InChI=1S/C12H22O10/c13-2-5-8(16)4(15)1-7(20-5)22-11-6(3-14)21-12(19)10(18)9(11)17/h4-19H,1-3H2/t4-,5-,6-,7-,8-,9-,10-,11+,12-/m1/s1. The predicted octanol–water partition coefficient (Wildman–Crippen LogP) is -4.37. The van der Waals surface area contributed by atoms with Gasteiger partial charge in [-0.2, -0.15) is 0 Å². The topological polar surface area (TPSA) is 169 Å². The first-order valence-corrected chi connectivity index (χ1v) is 6.97. The maximum Gasteiger partial charge on any atom is 0.184 e. The lowest BCUT2D eigenvalue weighted by Gasteiger charge is -2.43. The smallest absolute Gasteiger partial charge is 0.184 e. The molecule has 0 aromatic heterocycles. The maximum absolute atomic E-state index is 9.94. The normalized spacial score (nSPS) is 50.0. The molecule has 10 nitrogen and oxygen atoms in total. The highest BCUT2D eigenvalue weighted by atomic mass is 16.7. The fourth-order valence-corrected chi connectivity index (χ4v) is 2.56. The van der Waals surface area contributed by atoms with E-state index in [0.717, 1.165) is 0 Å². The van der Waals surface area contributed by atoms with Crippen LogP contribution in [0.1, 0.15) is 6.42 Å². The number of aliphatic hydroxyl groups excluding tert-OH is 7. The molecule has 2 saturated heterocycles. The van der Waals surface area contributed by atoms with Crippen LogP contribution >= 0.6 is 0 Å². The zero-order valence-electron chi connectivity index (χ0n) is 11.7. The Morgan fingerprint density at radius 1 is 0.818 bits per heavy atom. The lowest BCUT2D eigenvalue weighted by Crippen LogP contribution is -2.61. The van der Waals surface area contributed by atoms with E-state index in [1.807, 2.05) is 0 Å². The van der Waals surface area contributed by atoms with Gasteiger partial charge in [0.25, 0.3) is 0 Å². The minimum atomic E-state index is -1.67. The van der Waals surface area contributed by atoms with E-state index in [9.17, 15) is 30.6 Å². The highest BCUT2D eigenvalue weighted by Crippen LogP contribution is 2.28. The van der Waals surface area contributed by atoms with Crippen LogP contribution < -0.4 is 0 Å². The first kappa shape index (κ1) is 17.9. The Kier molecular flexibility index (Phi) is 6.07. The Balaban J connectivity index is 2.04. The summed E-state index contributed by atoms with van der Waals surface area (Å²) in [5.74, 6) is 0. The van der Waals surface area contributed by atoms with E-state index in [1.165, 1.54) is 0 Å². The molecule has 0 aromatic carbocycles. The van der Waals surface area contributed by atoms with Gasteiger partial charge in [-0.05, 0) is 0 Å². The van der Waals surface area contributed by atoms with Crippen LogP contribution in [0.3, 0.4) is 0 Å². The molecule has 7 N–H and O–H groups in total. The molecule has 9 atom stereocenters.